The van der Waals surface area contributed by atoms with Gasteiger partial charge in [-0.25, -0.2) is 4.68 Å². The van der Waals surface area contributed by atoms with Crippen molar-refractivity contribution in [2.45, 2.75) is 31.3 Å². The lowest BCUT2D eigenvalue weighted by atomic mass is 10.1. The lowest BCUT2D eigenvalue weighted by Gasteiger charge is -2.15. The van der Waals surface area contributed by atoms with Crippen molar-refractivity contribution in [2.24, 2.45) is 0 Å². The van der Waals surface area contributed by atoms with Crippen LogP contribution < -0.4 is 5.32 Å². The number of amides is 1. The molecule has 1 amide bonds. The van der Waals surface area contributed by atoms with Crippen molar-refractivity contribution in [2.75, 3.05) is 5.32 Å². The topological polar surface area (TPSA) is 46.9 Å². The van der Waals surface area contributed by atoms with Gasteiger partial charge in [-0.2, -0.15) is 5.10 Å². The van der Waals surface area contributed by atoms with Crippen molar-refractivity contribution in [3.63, 3.8) is 0 Å². The Labute approximate surface area is 155 Å². The van der Waals surface area contributed by atoms with Crippen molar-refractivity contribution >= 4 is 34.8 Å². The minimum absolute atomic E-state index is 0.0270. The molecule has 2 atom stereocenters. The van der Waals surface area contributed by atoms with E-state index in [-0.39, 0.29) is 16.4 Å². The van der Waals surface area contributed by atoms with Gasteiger partial charge in [0.15, 0.2) is 0 Å². The average Bonchev–Trinajstić information content (AvgIpc) is 3.19. The fourth-order valence-electron chi connectivity index (χ4n) is 3.12. The third kappa shape index (κ3) is 2.89. The van der Waals surface area contributed by atoms with Crippen LogP contribution in [-0.2, 0) is 4.79 Å². The number of nitrogens with zero attached hydrogens (tertiary/aromatic N) is 2. The summed E-state index contributed by atoms with van der Waals surface area (Å²) in [7, 11) is 0. The van der Waals surface area contributed by atoms with Gasteiger partial charge in [0, 0.05) is 10.4 Å². The molecule has 3 heterocycles. The van der Waals surface area contributed by atoms with Crippen LogP contribution in [0.25, 0.3) is 5.69 Å². The number of thioether (sulfide) groups is 1. The van der Waals surface area contributed by atoms with Crippen LogP contribution >= 0.6 is 23.1 Å². The summed E-state index contributed by atoms with van der Waals surface area (Å²) in [5, 5.41) is 9.95. The van der Waals surface area contributed by atoms with Crippen LogP contribution in [0.2, 0.25) is 0 Å². The molecule has 2 aromatic heterocycles. The first-order valence-corrected chi connectivity index (χ1v) is 10.0. The van der Waals surface area contributed by atoms with Crippen molar-refractivity contribution < 1.29 is 4.79 Å². The zero-order valence-electron chi connectivity index (χ0n) is 14.3. The largest absolute Gasteiger partial charge is 0.309 e. The molecule has 0 radical (unpaired) electrons. The van der Waals surface area contributed by atoms with Crippen LogP contribution in [0.3, 0.4) is 0 Å². The predicted octanol–water partition coefficient (Wildman–Crippen LogP) is 4.71. The maximum Gasteiger partial charge on any atom is 0.238 e. The summed E-state index contributed by atoms with van der Waals surface area (Å²) < 4.78 is 1.87. The van der Waals surface area contributed by atoms with Crippen LogP contribution in [0.1, 0.15) is 33.9 Å². The van der Waals surface area contributed by atoms with E-state index in [9.17, 15) is 4.79 Å². The standard InChI is InChI=1S/C19H19N3OS2/c1-11-6-4-7-14(10-11)22-18-16(12(2)21-22)17(15-8-5-9-24-15)25-13(3)19(23)20-18/h4-10,13,17H,1-3H3,(H,20,23)/t13-,17-/m1/s1. The fourth-order valence-corrected chi connectivity index (χ4v) is 5.39. The van der Waals surface area contributed by atoms with Gasteiger partial charge < -0.3 is 5.32 Å². The molecule has 0 bridgehead atoms. The van der Waals surface area contributed by atoms with E-state index in [4.69, 9.17) is 5.10 Å². The van der Waals surface area contributed by atoms with E-state index in [1.165, 1.54) is 4.88 Å². The molecule has 4 nitrogen and oxygen atoms in total. The van der Waals surface area contributed by atoms with E-state index in [0.29, 0.717) is 0 Å². The Balaban J connectivity index is 1.92. The number of fused-ring (bicyclic) bond motifs is 1. The summed E-state index contributed by atoms with van der Waals surface area (Å²) in [5.41, 5.74) is 4.19. The van der Waals surface area contributed by atoms with Crippen molar-refractivity contribution in [3.8, 4) is 5.69 Å². The van der Waals surface area contributed by atoms with Gasteiger partial charge in [0.05, 0.1) is 21.9 Å². The van der Waals surface area contributed by atoms with Crippen LogP contribution in [0.15, 0.2) is 41.8 Å². The van der Waals surface area contributed by atoms with Gasteiger partial charge in [-0.3, -0.25) is 4.79 Å². The Morgan fingerprint density at radius 2 is 2.04 bits per heavy atom. The predicted molar refractivity (Wildman–Crippen MR) is 105 cm³/mol. The minimum atomic E-state index is -0.121. The second-order valence-electron chi connectivity index (χ2n) is 6.26. The quantitative estimate of drug-likeness (QED) is 0.711. The second kappa shape index (κ2) is 6.35. The Hall–Kier alpha value is -2.05. The number of anilines is 1. The molecule has 0 saturated carbocycles. The summed E-state index contributed by atoms with van der Waals surface area (Å²) in [5.74, 6) is 0.822. The number of benzene rings is 1. The molecule has 0 saturated heterocycles. The summed E-state index contributed by atoms with van der Waals surface area (Å²) in [6.45, 7) is 6.05. The lowest BCUT2D eigenvalue weighted by molar-refractivity contribution is -0.115. The Bertz CT molecular complexity index is 930. The van der Waals surface area contributed by atoms with Gasteiger partial charge >= 0.3 is 0 Å². The first-order chi connectivity index (χ1) is 12.0. The highest BCUT2D eigenvalue weighted by molar-refractivity contribution is 8.01. The summed E-state index contributed by atoms with van der Waals surface area (Å²) in [6.07, 6.45) is 0. The van der Waals surface area contributed by atoms with Crippen LogP contribution in [0.4, 0.5) is 5.82 Å². The maximum absolute atomic E-state index is 12.6. The first kappa shape index (κ1) is 16.4. The molecular weight excluding hydrogens is 350 g/mol. The minimum Gasteiger partial charge on any atom is -0.309 e. The zero-order valence-corrected chi connectivity index (χ0v) is 15.9. The number of hydrogen-bond donors (Lipinski definition) is 1. The second-order valence-corrected chi connectivity index (χ2v) is 8.69. The highest BCUT2D eigenvalue weighted by atomic mass is 32.2. The zero-order chi connectivity index (χ0) is 17.6. The van der Waals surface area contributed by atoms with Gasteiger partial charge in [-0.1, -0.05) is 18.2 Å². The molecule has 1 aromatic carbocycles. The molecule has 0 spiro atoms. The fraction of sp³-hybridized carbons (Fsp3) is 0.263. The molecule has 6 heteroatoms. The van der Waals surface area contributed by atoms with E-state index in [2.05, 4.69) is 41.9 Å². The molecule has 1 aliphatic rings. The van der Waals surface area contributed by atoms with Crippen LogP contribution in [0, 0.1) is 13.8 Å². The number of aryl methyl sites for hydroxylation is 2. The molecule has 1 aliphatic heterocycles. The van der Waals surface area contributed by atoms with E-state index >= 15 is 0 Å². The molecule has 0 aliphatic carbocycles. The highest BCUT2D eigenvalue weighted by Crippen LogP contribution is 2.47. The Morgan fingerprint density at radius 1 is 1.20 bits per heavy atom. The maximum atomic E-state index is 12.6. The first-order valence-electron chi connectivity index (χ1n) is 8.21. The molecule has 25 heavy (non-hydrogen) atoms. The third-order valence-electron chi connectivity index (χ3n) is 4.37. The molecule has 0 unspecified atom stereocenters. The van der Waals surface area contributed by atoms with Gasteiger partial charge in [-0.15, -0.1) is 23.1 Å². The number of aromatic nitrogens is 2. The number of thiophene rings is 1. The molecule has 1 N–H and O–H groups in total. The monoisotopic (exact) mass is 369 g/mol. The summed E-state index contributed by atoms with van der Waals surface area (Å²) >= 11 is 3.41. The average molecular weight is 370 g/mol. The van der Waals surface area contributed by atoms with Crippen LogP contribution in [0.5, 0.6) is 0 Å². The number of hydrogen-bond acceptors (Lipinski definition) is 4. The molecule has 128 valence electrons. The molecule has 3 aromatic rings. The number of carbonyl (C=O) groups excluding carboxylic acids is 1. The number of carbonyl (C=O) groups is 1. The highest BCUT2D eigenvalue weighted by Gasteiger charge is 2.34. The number of rotatable bonds is 2. The van der Waals surface area contributed by atoms with Gasteiger partial charge in [0.25, 0.3) is 0 Å². The smallest absolute Gasteiger partial charge is 0.238 e. The normalized spacial score (nSPS) is 20.0. The third-order valence-corrected chi connectivity index (χ3v) is 6.84. The molecular formula is C19H19N3OS2. The van der Waals surface area contributed by atoms with Crippen molar-refractivity contribution in [3.05, 3.63) is 63.5 Å². The van der Waals surface area contributed by atoms with Crippen molar-refractivity contribution in [1.82, 2.24) is 9.78 Å². The Morgan fingerprint density at radius 3 is 2.76 bits per heavy atom. The summed E-state index contributed by atoms with van der Waals surface area (Å²) in [4.78, 5) is 13.8. The lowest BCUT2D eigenvalue weighted by Crippen LogP contribution is -2.22. The van der Waals surface area contributed by atoms with E-state index in [1.54, 1.807) is 23.1 Å². The SMILES string of the molecule is Cc1cccc(-n2nc(C)c3c2NC(=O)[C@@H](C)S[C@@H]3c2cccs2)c1. The summed E-state index contributed by atoms with van der Waals surface area (Å²) in [6, 6.07) is 12.4. The number of nitrogens with one attached hydrogen (secondary N) is 1. The van der Waals surface area contributed by atoms with Gasteiger partial charge in [-0.05, 0) is 49.9 Å². The Kier molecular flexibility index (Phi) is 4.17. The van der Waals surface area contributed by atoms with E-state index < -0.39 is 0 Å². The van der Waals surface area contributed by atoms with Gasteiger partial charge in [0.2, 0.25) is 5.91 Å². The van der Waals surface area contributed by atoms with Crippen molar-refractivity contribution in [1.29, 1.82) is 0 Å². The van der Waals surface area contributed by atoms with Crippen LogP contribution in [-0.4, -0.2) is 20.9 Å². The van der Waals surface area contributed by atoms with E-state index in [1.807, 2.05) is 30.7 Å². The molecule has 4 rings (SSSR count). The molecule has 0 fully saturated rings. The van der Waals surface area contributed by atoms with Gasteiger partial charge in [0.1, 0.15) is 5.82 Å². The van der Waals surface area contributed by atoms with E-state index in [0.717, 1.165) is 28.3 Å².